The van der Waals surface area contributed by atoms with Crippen LogP contribution >= 0.6 is 0 Å². The maximum Gasteiger partial charge on any atom is 0.253 e. The number of rotatable bonds is 7. The van der Waals surface area contributed by atoms with Crippen LogP contribution in [0.4, 0.5) is 0 Å². The number of amides is 2. The molecule has 0 radical (unpaired) electrons. The minimum atomic E-state index is 0.0626. The van der Waals surface area contributed by atoms with Crippen LogP contribution in [-0.2, 0) is 11.2 Å². The molecule has 2 saturated heterocycles. The van der Waals surface area contributed by atoms with Gasteiger partial charge in [-0.2, -0.15) is 0 Å². The van der Waals surface area contributed by atoms with Crippen molar-refractivity contribution in [2.45, 2.75) is 32.1 Å². The molecule has 0 spiro atoms. The monoisotopic (exact) mass is 457 g/mol. The number of hydrogen-bond donors (Lipinski definition) is 0. The van der Waals surface area contributed by atoms with E-state index in [0.29, 0.717) is 36.8 Å². The second-order valence-corrected chi connectivity index (χ2v) is 9.35. The standard InChI is InChI=1S/C28H31N3O3/c32-27-9-4-13-30(27)15-16-34-25-8-1-6-24(19-25)28(33)31-14-3-5-22(20-31)17-21-10-11-26-23(18-21)7-2-12-29-26/h1-2,6-8,10-12,18-19,22H,3-5,9,13-17,20H2/t22-/m0/s1. The lowest BCUT2D eigenvalue weighted by Gasteiger charge is -2.33. The highest BCUT2D eigenvalue weighted by Crippen LogP contribution is 2.25. The molecule has 2 aliphatic heterocycles. The van der Waals surface area contributed by atoms with E-state index in [1.54, 1.807) is 0 Å². The Kier molecular flexibility index (Phi) is 6.74. The summed E-state index contributed by atoms with van der Waals surface area (Å²) in [5.41, 5.74) is 2.97. The van der Waals surface area contributed by atoms with Gasteiger partial charge in [0.05, 0.1) is 12.1 Å². The summed E-state index contributed by atoms with van der Waals surface area (Å²) in [6, 6.07) is 18.0. The third kappa shape index (κ3) is 5.22. The number of benzene rings is 2. The molecule has 2 fully saturated rings. The van der Waals surface area contributed by atoms with E-state index in [1.807, 2.05) is 46.3 Å². The molecular formula is C28H31N3O3. The number of fused-ring (bicyclic) bond motifs is 1. The van der Waals surface area contributed by atoms with Gasteiger partial charge in [0.2, 0.25) is 5.91 Å². The second kappa shape index (κ2) is 10.2. The van der Waals surface area contributed by atoms with Gasteiger partial charge in [-0.15, -0.1) is 0 Å². The minimum absolute atomic E-state index is 0.0626. The molecular weight excluding hydrogens is 426 g/mol. The van der Waals surface area contributed by atoms with Crippen molar-refractivity contribution >= 4 is 22.7 Å². The van der Waals surface area contributed by atoms with Gasteiger partial charge in [0.25, 0.3) is 5.91 Å². The van der Waals surface area contributed by atoms with Crippen molar-refractivity contribution in [1.82, 2.24) is 14.8 Å². The molecule has 0 bridgehead atoms. The Hall–Kier alpha value is -3.41. The Bertz CT molecular complexity index is 1180. The van der Waals surface area contributed by atoms with Crippen molar-refractivity contribution in [3.63, 3.8) is 0 Å². The number of likely N-dealkylation sites (tertiary alicyclic amines) is 2. The number of aromatic nitrogens is 1. The highest BCUT2D eigenvalue weighted by molar-refractivity contribution is 5.94. The SMILES string of the molecule is O=C1CCCN1CCOc1cccc(C(=O)N2CCC[C@@H](Cc3ccc4ncccc4c3)C2)c1. The zero-order valence-corrected chi connectivity index (χ0v) is 19.5. The molecule has 0 aliphatic carbocycles. The molecule has 5 rings (SSSR count). The maximum atomic E-state index is 13.3. The van der Waals surface area contributed by atoms with Crippen LogP contribution < -0.4 is 4.74 Å². The molecule has 3 aromatic rings. The number of carbonyl (C=O) groups is 2. The molecule has 2 amide bonds. The van der Waals surface area contributed by atoms with Crippen LogP contribution in [0.1, 0.15) is 41.6 Å². The summed E-state index contributed by atoms with van der Waals surface area (Å²) in [4.78, 5) is 33.2. The predicted octanol–water partition coefficient (Wildman–Crippen LogP) is 4.33. The first-order valence-electron chi connectivity index (χ1n) is 12.3. The van der Waals surface area contributed by atoms with E-state index in [0.717, 1.165) is 56.2 Å². The zero-order chi connectivity index (χ0) is 23.3. The van der Waals surface area contributed by atoms with Crippen LogP contribution in [0.15, 0.2) is 60.8 Å². The lowest BCUT2D eigenvalue weighted by Crippen LogP contribution is -2.40. The highest BCUT2D eigenvalue weighted by atomic mass is 16.5. The summed E-state index contributed by atoms with van der Waals surface area (Å²) in [6.07, 6.45) is 6.50. The zero-order valence-electron chi connectivity index (χ0n) is 19.5. The van der Waals surface area contributed by atoms with Crippen LogP contribution in [0.2, 0.25) is 0 Å². The fourth-order valence-electron chi connectivity index (χ4n) is 5.12. The van der Waals surface area contributed by atoms with E-state index in [1.165, 1.54) is 5.56 Å². The third-order valence-electron chi connectivity index (χ3n) is 6.88. The normalized spacial score (nSPS) is 18.5. The Morgan fingerprint density at radius 2 is 2.00 bits per heavy atom. The maximum absolute atomic E-state index is 13.3. The van der Waals surface area contributed by atoms with Crippen LogP contribution in [0.3, 0.4) is 0 Å². The topological polar surface area (TPSA) is 62.7 Å². The highest BCUT2D eigenvalue weighted by Gasteiger charge is 2.25. The van der Waals surface area contributed by atoms with Gasteiger partial charge >= 0.3 is 0 Å². The molecule has 0 unspecified atom stereocenters. The fraction of sp³-hybridized carbons (Fsp3) is 0.393. The fourth-order valence-corrected chi connectivity index (χ4v) is 5.12. The van der Waals surface area contributed by atoms with Gasteiger partial charge in [-0.05, 0) is 73.6 Å². The van der Waals surface area contributed by atoms with Gasteiger partial charge in [-0.3, -0.25) is 14.6 Å². The summed E-state index contributed by atoms with van der Waals surface area (Å²) < 4.78 is 5.86. The number of piperidine rings is 1. The number of pyridine rings is 1. The van der Waals surface area contributed by atoms with E-state index in [9.17, 15) is 9.59 Å². The van der Waals surface area contributed by atoms with Crippen LogP contribution in [0.5, 0.6) is 5.75 Å². The van der Waals surface area contributed by atoms with E-state index < -0.39 is 0 Å². The quantitative estimate of drug-likeness (QED) is 0.530. The summed E-state index contributed by atoms with van der Waals surface area (Å²) in [6.45, 7) is 3.41. The predicted molar refractivity (Wildman–Crippen MR) is 132 cm³/mol. The van der Waals surface area contributed by atoms with E-state index in [4.69, 9.17) is 4.74 Å². The van der Waals surface area contributed by atoms with E-state index in [2.05, 4.69) is 29.2 Å². The summed E-state index contributed by atoms with van der Waals surface area (Å²) >= 11 is 0. The molecule has 2 aliphatic rings. The van der Waals surface area contributed by atoms with Gasteiger partial charge < -0.3 is 14.5 Å². The number of nitrogens with zero attached hydrogens (tertiary/aromatic N) is 3. The van der Waals surface area contributed by atoms with Crippen LogP contribution in [0, 0.1) is 5.92 Å². The van der Waals surface area contributed by atoms with Gasteiger partial charge in [-0.1, -0.05) is 18.2 Å². The molecule has 0 N–H and O–H groups in total. The first-order chi connectivity index (χ1) is 16.7. The van der Waals surface area contributed by atoms with E-state index in [-0.39, 0.29) is 11.8 Å². The lowest BCUT2D eigenvalue weighted by atomic mass is 9.90. The summed E-state index contributed by atoms with van der Waals surface area (Å²) in [7, 11) is 0. The van der Waals surface area contributed by atoms with Crippen molar-refractivity contribution < 1.29 is 14.3 Å². The average molecular weight is 458 g/mol. The molecule has 3 heterocycles. The van der Waals surface area contributed by atoms with Crippen LogP contribution in [-0.4, -0.2) is 59.4 Å². The molecule has 6 heteroatoms. The minimum Gasteiger partial charge on any atom is -0.492 e. The van der Waals surface area contributed by atoms with Crippen LogP contribution in [0.25, 0.3) is 10.9 Å². The van der Waals surface area contributed by atoms with Crippen molar-refractivity contribution in [3.8, 4) is 5.75 Å². The smallest absolute Gasteiger partial charge is 0.253 e. The Morgan fingerprint density at radius 3 is 2.88 bits per heavy atom. The Morgan fingerprint density at radius 1 is 1.06 bits per heavy atom. The Balaban J connectivity index is 1.18. The largest absolute Gasteiger partial charge is 0.492 e. The number of ether oxygens (including phenoxy) is 1. The third-order valence-corrected chi connectivity index (χ3v) is 6.88. The Labute approximate surface area is 200 Å². The molecule has 6 nitrogen and oxygen atoms in total. The molecule has 34 heavy (non-hydrogen) atoms. The van der Waals surface area contributed by atoms with Gasteiger partial charge in [-0.25, -0.2) is 0 Å². The molecule has 176 valence electrons. The number of hydrogen-bond acceptors (Lipinski definition) is 4. The first-order valence-corrected chi connectivity index (χ1v) is 12.3. The summed E-state index contributed by atoms with van der Waals surface area (Å²) in [5.74, 6) is 1.39. The van der Waals surface area contributed by atoms with E-state index >= 15 is 0 Å². The number of carbonyl (C=O) groups excluding carboxylic acids is 2. The van der Waals surface area contributed by atoms with Crippen molar-refractivity contribution in [3.05, 3.63) is 71.9 Å². The summed E-state index contributed by atoms with van der Waals surface area (Å²) in [5, 5.41) is 1.16. The van der Waals surface area contributed by atoms with Crippen molar-refractivity contribution in [2.24, 2.45) is 5.92 Å². The average Bonchev–Trinajstić information content (AvgIpc) is 3.28. The second-order valence-electron chi connectivity index (χ2n) is 9.35. The molecule has 2 aromatic carbocycles. The van der Waals surface area contributed by atoms with Gasteiger partial charge in [0.15, 0.2) is 0 Å². The van der Waals surface area contributed by atoms with Crippen molar-refractivity contribution in [2.75, 3.05) is 32.8 Å². The van der Waals surface area contributed by atoms with Gasteiger partial charge in [0, 0.05) is 43.2 Å². The van der Waals surface area contributed by atoms with Gasteiger partial charge in [0.1, 0.15) is 12.4 Å². The lowest BCUT2D eigenvalue weighted by molar-refractivity contribution is -0.128. The molecule has 0 saturated carbocycles. The molecule has 1 atom stereocenters. The molecule has 1 aromatic heterocycles. The first kappa shape index (κ1) is 22.4. The van der Waals surface area contributed by atoms with Crippen molar-refractivity contribution in [1.29, 1.82) is 0 Å².